The number of halogens is 1. The van der Waals surface area contributed by atoms with Gasteiger partial charge in [-0.2, -0.15) is 0 Å². The summed E-state index contributed by atoms with van der Waals surface area (Å²) < 4.78 is 1.05. The molecule has 4 heavy (non-hydrogen) atoms. The lowest BCUT2D eigenvalue weighted by molar-refractivity contribution is 2.63. The van der Waals surface area contributed by atoms with Gasteiger partial charge in [-0.15, -0.1) is 0 Å². The molecule has 0 aromatic rings. The van der Waals surface area contributed by atoms with Crippen molar-refractivity contribution < 1.29 is 0 Å². The van der Waals surface area contributed by atoms with E-state index < -0.39 is 0 Å². The molecule has 0 aliphatic rings. The summed E-state index contributed by atoms with van der Waals surface area (Å²) in [6, 6.07) is 0. The highest BCUT2D eigenvalue weighted by Crippen LogP contribution is 2.08. The zero-order chi connectivity index (χ0) is 3.58. The average molecular weight is 186 g/mol. The largest absolute Gasteiger partial charge is 0.0996 e. The number of hydrogen-bond donors (Lipinski definition) is 0. The normalized spacial score (nSPS) is 6.50. The van der Waals surface area contributed by atoms with E-state index in [-0.39, 0.29) is 0 Å². The molecule has 0 spiro atoms. The van der Waals surface area contributed by atoms with Crippen LogP contribution in [-0.2, 0) is 0 Å². The summed E-state index contributed by atoms with van der Waals surface area (Å²) in [5, 5.41) is 0. The van der Waals surface area contributed by atoms with Crippen LogP contribution in [0.3, 0.4) is 0 Å². The smallest absolute Gasteiger partial charge is 0.000757 e. The van der Waals surface area contributed by atoms with Crippen LogP contribution >= 0.6 is 31.8 Å². The van der Waals surface area contributed by atoms with Gasteiger partial charge in [-0.1, -0.05) is 15.8 Å². The van der Waals surface area contributed by atoms with Crippen molar-refractivity contribution in [3.63, 3.8) is 0 Å². The summed E-state index contributed by atoms with van der Waals surface area (Å²) in [5.41, 5.74) is 0. The molecular weight excluding hydrogens is 182 g/mol. The minimum Gasteiger partial charge on any atom is -0.0996 e. The third-order valence-corrected chi connectivity index (χ3v) is 0. The van der Waals surface area contributed by atoms with Crippen LogP contribution in [0.4, 0.5) is 0 Å². The van der Waals surface area contributed by atoms with Gasteiger partial charge in [0.05, 0.1) is 0 Å². The molecule has 0 amide bonds. The molecule has 0 saturated carbocycles. The van der Waals surface area contributed by atoms with Gasteiger partial charge >= 0.3 is 0 Å². The lowest BCUT2D eigenvalue weighted by Crippen LogP contribution is -1.19. The first-order chi connectivity index (χ1) is 1.73. The molecule has 0 saturated heterocycles. The molecule has 0 rings (SSSR count). The first kappa shape index (κ1) is 4.90. The lowest BCUT2D eigenvalue weighted by atomic mass is 11.3. The van der Waals surface area contributed by atoms with E-state index in [9.17, 15) is 0 Å². The molecule has 24 valence electrons. The van der Waals surface area contributed by atoms with E-state index in [1.54, 1.807) is 0 Å². The molecule has 0 aromatic heterocycles. The average Bonchev–Trinajstić information content (AvgIpc) is 0.811. The van der Waals surface area contributed by atoms with E-state index in [0.717, 1.165) is 3.32 Å². The van der Waals surface area contributed by atoms with Crippen molar-refractivity contribution >= 4 is 31.8 Å². The minimum absolute atomic E-state index is 1.05. The quantitative estimate of drug-likeness (QED) is 0.399. The number of hydrogen-bond acceptors (Lipinski definition) is 0. The summed E-state index contributed by atoms with van der Waals surface area (Å²) in [7, 11) is 2.45. The summed E-state index contributed by atoms with van der Waals surface area (Å²) in [4.78, 5) is 0. The molecule has 0 N–H and O–H groups in total. The Balaban J connectivity index is 2.80. The van der Waals surface area contributed by atoms with E-state index in [1.807, 2.05) is 0 Å². The van der Waals surface area contributed by atoms with Gasteiger partial charge in [0, 0.05) is 3.32 Å². The van der Waals surface area contributed by atoms with Crippen molar-refractivity contribution in [3.05, 3.63) is 9.90 Å². The molecule has 0 nitrogen and oxygen atoms in total. The van der Waals surface area contributed by atoms with Gasteiger partial charge in [-0.3, -0.25) is 0 Å². The molecule has 2 heteroatoms. The Morgan fingerprint density at radius 3 is 2.00 bits per heavy atom. The zero-order valence-electron chi connectivity index (χ0n) is 2.16. The van der Waals surface area contributed by atoms with Crippen LogP contribution in [0.25, 0.3) is 0 Å². The maximum atomic E-state index is 3.51. The fraction of sp³-hybridized carbons (Fsp3) is 0. The van der Waals surface area contributed by atoms with Crippen molar-refractivity contribution in [1.82, 2.24) is 0 Å². The van der Waals surface area contributed by atoms with E-state index in [0.29, 0.717) is 0 Å². The Morgan fingerprint density at radius 1 is 2.00 bits per heavy atom. The van der Waals surface area contributed by atoms with Crippen LogP contribution < -0.4 is 0 Å². The Kier molecular flexibility index (Phi) is 2.64. The van der Waals surface area contributed by atoms with Crippen LogP contribution in [0.2, 0.25) is 0 Å². The van der Waals surface area contributed by atoms with Crippen LogP contribution in [0, 0.1) is 0 Å². The van der Waals surface area contributed by atoms with Crippen LogP contribution in [0.15, 0.2) is 9.90 Å². The molecular formula is C2H4IP. The van der Waals surface area contributed by atoms with E-state index in [1.165, 1.54) is 0 Å². The predicted molar refractivity (Wildman–Crippen MR) is 32.9 cm³/mol. The van der Waals surface area contributed by atoms with Crippen molar-refractivity contribution in [1.29, 1.82) is 0 Å². The molecule has 0 aromatic carbocycles. The summed E-state index contributed by atoms with van der Waals surface area (Å²) in [5.74, 6) is 0. The van der Waals surface area contributed by atoms with Gasteiger partial charge in [0.25, 0.3) is 0 Å². The summed E-state index contributed by atoms with van der Waals surface area (Å²) in [6.45, 7) is 3.51. The van der Waals surface area contributed by atoms with Crippen LogP contribution in [-0.4, -0.2) is 0 Å². The van der Waals surface area contributed by atoms with Gasteiger partial charge < -0.3 is 0 Å². The third kappa shape index (κ3) is 12.9. The third-order valence-electron chi connectivity index (χ3n) is 0. The van der Waals surface area contributed by atoms with Crippen LogP contribution in [0.1, 0.15) is 0 Å². The maximum absolute atomic E-state index is 3.51. The van der Waals surface area contributed by atoms with Crippen molar-refractivity contribution in [3.8, 4) is 0 Å². The SMILES string of the molecule is C=C(P)I. The molecule has 0 aliphatic heterocycles. The van der Waals surface area contributed by atoms with E-state index in [4.69, 9.17) is 0 Å². The highest BCUT2D eigenvalue weighted by Gasteiger charge is 1.55. The molecule has 0 radical (unpaired) electrons. The van der Waals surface area contributed by atoms with E-state index >= 15 is 0 Å². The van der Waals surface area contributed by atoms with Crippen molar-refractivity contribution in [2.75, 3.05) is 0 Å². The zero-order valence-corrected chi connectivity index (χ0v) is 5.47. The Hall–Kier alpha value is 0.900. The summed E-state index contributed by atoms with van der Waals surface area (Å²) in [6.07, 6.45) is 0. The van der Waals surface area contributed by atoms with Crippen molar-refractivity contribution in [2.24, 2.45) is 0 Å². The highest BCUT2D eigenvalue weighted by molar-refractivity contribution is 14.1. The van der Waals surface area contributed by atoms with E-state index in [2.05, 4.69) is 38.4 Å². The van der Waals surface area contributed by atoms with Gasteiger partial charge in [0.15, 0.2) is 0 Å². The fourth-order valence-corrected chi connectivity index (χ4v) is 0. The van der Waals surface area contributed by atoms with Gasteiger partial charge in [0.2, 0.25) is 0 Å². The molecule has 0 aliphatic carbocycles. The fourth-order valence-electron chi connectivity index (χ4n) is 0. The number of rotatable bonds is 0. The topological polar surface area (TPSA) is 0 Å². The molecule has 0 fully saturated rings. The standard InChI is InChI=1S/C2H4IP/c1-2(3)4/h1,4H2. The second kappa shape index (κ2) is 2.16. The second-order valence-corrected chi connectivity index (χ2v) is 3.70. The van der Waals surface area contributed by atoms with Crippen molar-refractivity contribution in [2.45, 2.75) is 0 Å². The first-order valence-corrected chi connectivity index (χ1v) is 2.49. The Bertz CT molecular complexity index is 29.0. The highest BCUT2D eigenvalue weighted by atomic mass is 127. The maximum Gasteiger partial charge on any atom is 0.000757 e. The van der Waals surface area contributed by atoms with Gasteiger partial charge in [0.1, 0.15) is 0 Å². The summed E-state index contributed by atoms with van der Waals surface area (Å²) >= 11 is 2.11. The van der Waals surface area contributed by atoms with Crippen LogP contribution in [0.5, 0.6) is 0 Å². The molecule has 1 unspecified atom stereocenters. The van der Waals surface area contributed by atoms with Gasteiger partial charge in [-0.25, -0.2) is 0 Å². The van der Waals surface area contributed by atoms with Gasteiger partial charge in [-0.05, 0) is 22.6 Å². The minimum atomic E-state index is 1.05. The molecule has 0 bridgehead atoms. The lowest BCUT2D eigenvalue weighted by Gasteiger charge is -1.62. The second-order valence-electron chi connectivity index (χ2n) is 0.447. The first-order valence-electron chi connectivity index (χ1n) is 0.831. The molecule has 1 atom stereocenters. The Morgan fingerprint density at radius 2 is 2.00 bits per heavy atom. The monoisotopic (exact) mass is 186 g/mol. The predicted octanol–water partition coefficient (Wildman–Crippen LogP) is 1.77. The Labute approximate surface area is 42.0 Å². The molecule has 0 heterocycles.